The van der Waals surface area contributed by atoms with Crippen LogP contribution in [0, 0.1) is 12.3 Å². The molecule has 5 heteroatoms. The van der Waals surface area contributed by atoms with Gasteiger partial charge in [0.1, 0.15) is 0 Å². The van der Waals surface area contributed by atoms with E-state index < -0.39 is 12.0 Å². The van der Waals surface area contributed by atoms with Crippen LogP contribution in [0.15, 0.2) is 24.3 Å². The molecule has 1 aliphatic rings. The van der Waals surface area contributed by atoms with Crippen LogP contribution in [-0.4, -0.2) is 34.6 Å². The molecule has 2 amide bonds. The number of carboxylic acids is 1. The molecule has 2 atom stereocenters. The van der Waals surface area contributed by atoms with E-state index >= 15 is 0 Å². The number of urea groups is 1. The minimum absolute atomic E-state index is 0.186. The standard InChI is InChI=1S/C16H18N2O3/c1-3-6-11(2)17-16(21)18-10-9-12-7-4-5-8-13(12)14(18)15(19)20/h1,4-5,7-8,11,14H,6,9-10H2,2H3,(H,17,21)(H,19,20). The first-order valence-corrected chi connectivity index (χ1v) is 6.85. The van der Waals surface area contributed by atoms with E-state index in [0.29, 0.717) is 24.9 Å². The average molecular weight is 286 g/mol. The molecule has 0 radical (unpaired) electrons. The number of nitrogens with zero attached hydrogens (tertiary/aromatic N) is 1. The van der Waals surface area contributed by atoms with Crippen molar-refractivity contribution in [2.24, 2.45) is 0 Å². The van der Waals surface area contributed by atoms with Crippen LogP contribution in [0.3, 0.4) is 0 Å². The van der Waals surface area contributed by atoms with Crippen molar-refractivity contribution in [3.8, 4) is 12.3 Å². The maximum Gasteiger partial charge on any atom is 0.331 e. The number of hydrogen-bond acceptors (Lipinski definition) is 2. The van der Waals surface area contributed by atoms with Crippen LogP contribution in [0.1, 0.15) is 30.5 Å². The molecule has 2 rings (SSSR count). The summed E-state index contributed by atoms with van der Waals surface area (Å²) < 4.78 is 0. The summed E-state index contributed by atoms with van der Waals surface area (Å²) >= 11 is 0. The fourth-order valence-electron chi connectivity index (χ4n) is 2.57. The highest BCUT2D eigenvalue weighted by molar-refractivity contribution is 5.84. The minimum Gasteiger partial charge on any atom is -0.479 e. The summed E-state index contributed by atoms with van der Waals surface area (Å²) in [6.45, 7) is 2.17. The lowest BCUT2D eigenvalue weighted by Crippen LogP contribution is -2.50. The summed E-state index contributed by atoms with van der Waals surface area (Å²) in [5.41, 5.74) is 1.65. The Balaban J connectivity index is 2.23. The van der Waals surface area contributed by atoms with Gasteiger partial charge in [0, 0.05) is 19.0 Å². The predicted octanol–water partition coefficient (Wildman–Crippen LogP) is 1.79. The molecule has 0 saturated carbocycles. The molecule has 1 heterocycles. The largest absolute Gasteiger partial charge is 0.479 e. The number of benzene rings is 1. The van der Waals surface area contributed by atoms with Gasteiger partial charge in [0.05, 0.1) is 0 Å². The van der Waals surface area contributed by atoms with Crippen LogP contribution in [0.25, 0.3) is 0 Å². The van der Waals surface area contributed by atoms with E-state index in [1.54, 1.807) is 19.1 Å². The second-order valence-electron chi connectivity index (χ2n) is 5.14. The molecular formula is C16H18N2O3. The first-order chi connectivity index (χ1) is 10.0. The van der Waals surface area contributed by atoms with Crippen LogP contribution in [-0.2, 0) is 11.2 Å². The fourth-order valence-corrected chi connectivity index (χ4v) is 2.57. The average Bonchev–Trinajstić information content (AvgIpc) is 2.45. The summed E-state index contributed by atoms with van der Waals surface area (Å²) in [5, 5.41) is 12.2. The van der Waals surface area contributed by atoms with Gasteiger partial charge in [-0.15, -0.1) is 12.3 Å². The topological polar surface area (TPSA) is 69.6 Å². The molecule has 1 aromatic rings. The summed E-state index contributed by atoms with van der Waals surface area (Å²) in [6, 6.07) is 5.81. The van der Waals surface area contributed by atoms with Gasteiger partial charge in [-0.05, 0) is 24.5 Å². The third kappa shape index (κ3) is 3.16. The molecule has 0 aliphatic carbocycles. The maximum absolute atomic E-state index is 12.3. The lowest BCUT2D eigenvalue weighted by molar-refractivity contribution is -0.142. The van der Waals surface area contributed by atoms with Crippen LogP contribution < -0.4 is 5.32 Å². The lowest BCUT2D eigenvalue weighted by atomic mass is 9.93. The van der Waals surface area contributed by atoms with E-state index in [9.17, 15) is 14.7 Å². The Labute approximate surface area is 124 Å². The molecule has 21 heavy (non-hydrogen) atoms. The van der Waals surface area contributed by atoms with E-state index in [1.165, 1.54) is 4.90 Å². The van der Waals surface area contributed by atoms with Crippen molar-refractivity contribution in [3.63, 3.8) is 0 Å². The quantitative estimate of drug-likeness (QED) is 0.832. The number of rotatable bonds is 3. The number of hydrogen-bond donors (Lipinski definition) is 2. The molecule has 2 N–H and O–H groups in total. The van der Waals surface area contributed by atoms with Gasteiger partial charge in [-0.2, -0.15) is 0 Å². The zero-order valence-corrected chi connectivity index (χ0v) is 11.9. The number of fused-ring (bicyclic) bond motifs is 1. The maximum atomic E-state index is 12.3. The van der Waals surface area contributed by atoms with E-state index in [2.05, 4.69) is 11.2 Å². The number of terminal acetylenes is 1. The molecule has 0 fully saturated rings. The molecule has 0 aromatic heterocycles. The predicted molar refractivity (Wildman–Crippen MR) is 78.7 cm³/mol. The van der Waals surface area contributed by atoms with Crippen LogP contribution in [0.2, 0.25) is 0 Å². The van der Waals surface area contributed by atoms with Crippen molar-refractivity contribution in [3.05, 3.63) is 35.4 Å². The molecule has 110 valence electrons. The van der Waals surface area contributed by atoms with Crippen molar-refractivity contribution in [2.75, 3.05) is 6.54 Å². The highest BCUT2D eigenvalue weighted by Crippen LogP contribution is 2.29. The first kappa shape index (κ1) is 14.9. The van der Waals surface area contributed by atoms with Gasteiger partial charge in [0.15, 0.2) is 6.04 Å². The van der Waals surface area contributed by atoms with Gasteiger partial charge in [0.25, 0.3) is 0 Å². The third-order valence-electron chi connectivity index (χ3n) is 3.57. The van der Waals surface area contributed by atoms with Gasteiger partial charge < -0.3 is 15.3 Å². The van der Waals surface area contributed by atoms with Crippen molar-refractivity contribution in [2.45, 2.75) is 31.8 Å². The third-order valence-corrected chi connectivity index (χ3v) is 3.57. The molecule has 0 saturated heterocycles. The zero-order chi connectivity index (χ0) is 15.4. The lowest BCUT2D eigenvalue weighted by Gasteiger charge is -2.35. The van der Waals surface area contributed by atoms with Gasteiger partial charge in [0.2, 0.25) is 0 Å². The van der Waals surface area contributed by atoms with E-state index in [1.807, 2.05) is 12.1 Å². The second kappa shape index (κ2) is 6.31. The Morgan fingerprint density at radius 1 is 1.52 bits per heavy atom. The van der Waals surface area contributed by atoms with Crippen molar-refractivity contribution in [1.82, 2.24) is 10.2 Å². The van der Waals surface area contributed by atoms with Gasteiger partial charge >= 0.3 is 12.0 Å². The van der Waals surface area contributed by atoms with Gasteiger partial charge in [-0.25, -0.2) is 9.59 Å². The highest BCUT2D eigenvalue weighted by Gasteiger charge is 2.35. The molecule has 0 bridgehead atoms. The zero-order valence-electron chi connectivity index (χ0n) is 11.9. The number of nitrogens with one attached hydrogen (secondary N) is 1. The summed E-state index contributed by atoms with van der Waals surface area (Å²) in [7, 11) is 0. The smallest absolute Gasteiger partial charge is 0.331 e. The first-order valence-electron chi connectivity index (χ1n) is 6.85. The van der Waals surface area contributed by atoms with E-state index in [0.717, 1.165) is 5.56 Å². The van der Waals surface area contributed by atoms with Crippen molar-refractivity contribution in [1.29, 1.82) is 0 Å². The summed E-state index contributed by atoms with van der Waals surface area (Å²) in [4.78, 5) is 25.2. The number of aliphatic carboxylic acids is 1. The van der Waals surface area contributed by atoms with Crippen LogP contribution in [0.4, 0.5) is 4.79 Å². The van der Waals surface area contributed by atoms with E-state index in [-0.39, 0.29) is 12.1 Å². The Morgan fingerprint density at radius 2 is 2.24 bits per heavy atom. The number of carbonyl (C=O) groups is 2. The Kier molecular flexibility index (Phi) is 4.49. The molecular weight excluding hydrogens is 268 g/mol. The highest BCUT2D eigenvalue weighted by atomic mass is 16.4. The van der Waals surface area contributed by atoms with Crippen LogP contribution in [0.5, 0.6) is 0 Å². The normalized spacial score (nSPS) is 18.3. The van der Waals surface area contributed by atoms with Crippen molar-refractivity contribution < 1.29 is 14.7 Å². The van der Waals surface area contributed by atoms with Gasteiger partial charge in [-0.3, -0.25) is 0 Å². The van der Waals surface area contributed by atoms with Crippen LogP contribution >= 0.6 is 0 Å². The molecule has 1 aromatic carbocycles. The fraction of sp³-hybridized carbons (Fsp3) is 0.375. The Hall–Kier alpha value is -2.48. The van der Waals surface area contributed by atoms with E-state index in [4.69, 9.17) is 6.42 Å². The summed E-state index contributed by atoms with van der Waals surface area (Å²) in [5.74, 6) is 1.45. The minimum atomic E-state index is -1.03. The summed E-state index contributed by atoms with van der Waals surface area (Å²) in [6.07, 6.45) is 6.27. The second-order valence-corrected chi connectivity index (χ2v) is 5.14. The van der Waals surface area contributed by atoms with Crippen molar-refractivity contribution >= 4 is 12.0 Å². The number of amides is 2. The Morgan fingerprint density at radius 3 is 2.90 bits per heavy atom. The SMILES string of the molecule is C#CCC(C)NC(=O)N1CCc2ccccc2C1C(=O)O. The molecule has 1 aliphatic heterocycles. The molecule has 2 unspecified atom stereocenters. The molecule has 0 spiro atoms. The Bertz CT molecular complexity index is 591. The number of carbonyl (C=O) groups excluding carboxylic acids is 1. The molecule has 5 nitrogen and oxygen atoms in total. The number of carboxylic acid groups (broad SMARTS) is 1. The van der Waals surface area contributed by atoms with Gasteiger partial charge in [-0.1, -0.05) is 24.3 Å². The monoisotopic (exact) mass is 286 g/mol.